The number of carbonyl (C=O) groups is 1. The molecule has 0 radical (unpaired) electrons. The first-order valence-electron chi connectivity index (χ1n) is 6.55. The Kier molecular flexibility index (Phi) is 3.79. The third-order valence-corrected chi connectivity index (χ3v) is 3.51. The summed E-state index contributed by atoms with van der Waals surface area (Å²) in [5.41, 5.74) is 3.07. The van der Waals surface area contributed by atoms with E-state index in [4.69, 9.17) is 0 Å². The van der Waals surface area contributed by atoms with Crippen LogP contribution in [-0.2, 0) is 7.05 Å². The molecule has 0 spiro atoms. The second-order valence-electron chi connectivity index (χ2n) is 4.79. The number of phenols is 1. The Morgan fingerprint density at radius 1 is 1.40 bits per heavy atom. The predicted molar refractivity (Wildman–Crippen MR) is 78.1 cm³/mol. The summed E-state index contributed by atoms with van der Waals surface area (Å²) in [5, 5.41) is 13.7. The van der Waals surface area contributed by atoms with Gasteiger partial charge in [0, 0.05) is 25.4 Å². The molecule has 5 heteroatoms. The number of rotatable bonds is 3. The molecule has 1 heterocycles. The normalized spacial score (nSPS) is 10.6. The largest absolute Gasteiger partial charge is 0.508 e. The van der Waals surface area contributed by atoms with Crippen molar-refractivity contribution in [3.63, 3.8) is 0 Å². The lowest BCUT2D eigenvalue weighted by Gasteiger charge is -2.23. The third kappa shape index (κ3) is 2.39. The zero-order valence-corrected chi connectivity index (χ0v) is 12.2. The third-order valence-electron chi connectivity index (χ3n) is 3.51. The first-order chi connectivity index (χ1) is 9.45. The van der Waals surface area contributed by atoms with Gasteiger partial charge in [-0.3, -0.25) is 9.48 Å². The van der Waals surface area contributed by atoms with Crippen LogP contribution in [0.2, 0.25) is 0 Å². The van der Waals surface area contributed by atoms with Crippen LogP contribution in [0.5, 0.6) is 5.75 Å². The number of benzene rings is 1. The second kappa shape index (κ2) is 5.36. The van der Waals surface area contributed by atoms with Crippen LogP contribution in [0.4, 0.5) is 5.69 Å². The van der Waals surface area contributed by atoms with Crippen molar-refractivity contribution in [2.45, 2.75) is 20.8 Å². The highest BCUT2D eigenvalue weighted by Crippen LogP contribution is 2.26. The zero-order valence-electron chi connectivity index (χ0n) is 12.2. The Bertz CT molecular complexity index is 647. The maximum absolute atomic E-state index is 12.7. The summed E-state index contributed by atoms with van der Waals surface area (Å²) >= 11 is 0. The van der Waals surface area contributed by atoms with E-state index in [1.165, 1.54) is 0 Å². The molecule has 1 aromatic carbocycles. The van der Waals surface area contributed by atoms with Gasteiger partial charge in [-0.15, -0.1) is 0 Å². The fourth-order valence-electron chi connectivity index (χ4n) is 2.17. The molecule has 106 valence electrons. The van der Waals surface area contributed by atoms with Crippen LogP contribution in [0.3, 0.4) is 0 Å². The van der Waals surface area contributed by atoms with Crippen LogP contribution in [0, 0.1) is 13.8 Å². The zero-order chi connectivity index (χ0) is 14.9. The Balaban J connectivity index is 2.44. The molecule has 5 nitrogen and oxygen atoms in total. The van der Waals surface area contributed by atoms with E-state index in [2.05, 4.69) is 5.10 Å². The SMILES string of the molecule is CCN(C(=O)c1cnn(C)c1C)c1cc(O)ccc1C. The predicted octanol–water partition coefficient (Wildman–Crippen LogP) is 2.41. The van der Waals surface area contributed by atoms with E-state index in [1.54, 1.807) is 34.0 Å². The van der Waals surface area contributed by atoms with E-state index in [-0.39, 0.29) is 11.7 Å². The molecule has 2 rings (SSSR count). The van der Waals surface area contributed by atoms with Gasteiger partial charge in [0.25, 0.3) is 5.91 Å². The summed E-state index contributed by atoms with van der Waals surface area (Å²) in [7, 11) is 1.81. The molecule has 0 fully saturated rings. The van der Waals surface area contributed by atoms with Crippen molar-refractivity contribution in [2.24, 2.45) is 7.05 Å². The smallest absolute Gasteiger partial charge is 0.261 e. The van der Waals surface area contributed by atoms with Crippen LogP contribution >= 0.6 is 0 Å². The highest BCUT2D eigenvalue weighted by atomic mass is 16.3. The minimum Gasteiger partial charge on any atom is -0.508 e. The number of phenolic OH excluding ortho intramolecular Hbond substituents is 1. The first-order valence-corrected chi connectivity index (χ1v) is 6.55. The van der Waals surface area contributed by atoms with E-state index in [9.17, 15) is 9.90 Å². The number of hydrogen-bond acceptors (Lipinski definition) is 3. The molecule has 0 bridgehead atoms. The van der Waals surface area contributed by atoms with Crippen molar-refractivity contribution in [3.8, 4) is 5.75 Å². The minimum absolute atomic E-state index is 0.105. The topological polar surface area (TPSA) is 58.4 Å². The maximum Gasteiger partial charge on any atom is 0.261 e. The highest BCUT2D eigenvalue weighted by molar-refractivity contribution is 6.07. The molecule has 1 aromatic heterocycles. The number of aromatic nitrogens is 2. The first kappa shape index (κ1) is 14.1. The van der Waals surface area contributed by atoms with Gasteiger partial charge < -0.3 is 10.0 Å². The van der Waals surface area contributed by atoms with Gasteiger partial charge in [0.1, 0.15) is 5.75 Å². The lowest BCUT2D eigenvalue weighted by molar-refractivity contribution is 0.0987. The second-order valence-corrected chi connectivity index (χ2v) is 4.79. The van der Waals surface area contributed by atoms with Crippen LogP contribution < -0.4 is 4.90 Å². The molecule has 20 heavy (non-hydrogen) atoms. The number of aryl methyl sites for hydroxylation is 2. The van der Waals surface area contributed by atoms with Gasteiger partial charge >= 0.3 is 0 Å². The van der Waals surface area contributed by atoms with Gasteiger partial charge in [-0.05, 0) is 32.4 Å². The van der Waals surface area contributed by atoms with Gasteiger partial charge in [0.05, 0.1) is 17.4 Å². The Labute approximate surface area is 118 Å². The number of carbonyl (C=O) groups excluding carboxylic acids is 1. The molecule has 2 aromatic rings. The van der Waals surface area contributed by atoms with Crippen LogP contribution in [0.25, 0.3) is 0 Å². The summed E-state index contributed by atoms with van der Waals surface area (Å²) in [4.78, 5) is 14.3. The molecular weight excluding hydrogens is 254 g/mol. The Morgan fingerprint density at radius 3 is 2.65 bits per heavy atom. The average Bonchev–Trinajstić information content (AvgIpc) is 2.75. The highest BCUT2D eigenvalue weighted by Gasteiger charge is 2.21. The van der Waals surface area contributed by atoms with E-state index < -0.39 is 0 Å². The van der Waals surface area contributed by atoms with Gasteiger partial charge in [-0.2, -0.15) is 5.10 Å². The van der Waals surface area contributed by atoms with Crippen LogP contribution in [0.1, 0.15) is 28.5 Å². The van der Waals surface area contributed by atoms with E-state index in [0.29, 0.717) is 12.1 Å². The van der Waals surface area contributed by atoms with Crippen LogP contribution in [-0.4, -0.2) is 27.3 Å². The molecule has 0 saturated heterocycles. The number of hydrogen-bond donors (Lipinski definition) is 1. The number of aromatic hydroxyl groups is 1. The number of anilines is 1. The monoisotopic (exact) mass is 273 g/mol. The van der Waals surface area contributed by atoms with E-state index in [0.717, 1.165) is 16.9 Å². The van der Waals surface area contributed by atoms with Crippen molar-refractivity contribution in [3.05, 3.63) is 41.2 Å². The maximum atomic E-state index is 12.7. The van der Waals surface area contributed by atoms with Crippen LogP contribution in [0.15, 0.2) is 24.4 Å². The number of amides is 1. The molecule has 1 amide bonds. The van der Waals surface area contributed by atoms with Gasteiger partial charge in [-0.25, -0.2) is 0 Å². The Hall–Kier alpha value is -2.30. The minimum atomic E-state index is -0.105. The summed E-state index contributed by atoms with van der Waals surface area (Å²) in [6.07, 6.45) is 1.58. The molecule has 0 aliphatic carbocycles. The summed E-state index contributed by atoms with van der Waals surface area (Å²) in [6, 6.07) is 5.03. The lowest BCUT2D eigenvalue weighted by Crippen LogP contribution is -2.31. The molecule has 1 N–H and O–H groups in total. The van der Waals surface area contributed by atoms with Gasteiger partial charge in [-0.1, -0.05) is 6.07 Å². The quantitative estimate of drug-likeness (QED) is 0.934. The molecule has 0 aliphatic heterocycles. The van der Waals surface area contributed by atoms with Crippen molar-refractivity contribution < 1.29 is 9.90 Å². The Morgan fingerprint density at radius 2 is 2.10 bits per heavy atom. The summed E-state index contributed by atoms with van der Waals surface area (Å²) < 4.78 is 1.68. The van der Waals surface area contributed by atoms with Gasteiger partial charge in [0.2, 0.25) is 0 Å². The molecule has 0 saturated carbocycles. The molecule has 0 unspecified atom stereocenters. The molecule has 0 atom stereocenters. The van der Waals surface area contributed by atoms with Crippen molar-refractivity contribution >= 4 is 11.6 Å². The lowest BCUT2D eigenvalue weighted by atomic mass is 10.1. The molecule has 0 aliphatic rings. The van der Waals surface area contributed by atoms with E-state index in [1.807, 2.05) is 27.8 Å². The summed E-state index contributed by atoms with van der Waals surface area (Å²) in [6.45, 7) is 6.22. The van der Waals surface area contributed by atoms with Crippen molar-refractivity contribution in [2.75, 3.05) is 11.4 Å². The van der Waals surface area contributed by atoms with Crippen molar-refractivity contribution in [1.29, 1.82) is 0 Å². The summed E-state index contributed by atoms with van der Waals surface area (Å²) in [5.74, 6) is 0.0477. The average molecular weight is 273 g/mol. The standard InChI is InChI=1S/C15H19N3O2/c1-5-18(14-8-12(19)7-6-10(14)2)15(20)13-9-16-17(4)11(13)3/h6-9,19H,5H2,1-4H3. The number of nitrogens with zero attached hydrogens (tertiary/aromatic N) is 3. The molecular formula is C15H19N3O2. The fraction of sp³-hybridized carbons (Fsp3) is 0.333. The van der Waals surface area contributed by atoms with E-state index >= 15 is 0 Å². The fourth-order valence-corrected chi connectivity index (χ4v) is 2.17. The van der Waals surface area contributed by atoms with Gasteiger partial charge in [0.15, 0.2) is 0 Å². The van der Waals surface area contributed by atoms with Crippen molar-refractivity contribution in [1.82, 2.24) is 9.78 Å².